The van der Waals surface area contributed by atoms with Gasteiger partial charge >= 0.3 is 0 Å². The highest BCUT2D eigenvalue weighted by Gasteiger charge is 2.32. The average Bonchev–Trinajstić information content (AvgIpc) is 2.31. The van der Waals surface area contributed by atoms with Crippen LogP contribution in [0.15, 0.2) is 12.1 Å². The Morgan fingerprint density at radius 1 is 0.708 bits per heavy atom. The monoisotopic (exact) mass is 331 g/mol. The molecule has 1 rings (SSSR count). The molecule has 1 heteroatoms. The van der Waals surface area contributed by atoms with Gasteiger partial charge in [-0.2, -0.15) is 0 Å². The van der Waals surface area contributed by atoms with E-state index < -0.39 is 0 Å². The first-order chi connectivity index (χ1) is 10.4. The van der Waals surface area contributed by atoms with Gasteiger partial charge in [0.1, 0.15) is 0 Å². The molecule has 0 aromatic carbocycles. The van der Waals surface area contributed by atoms with Crippen molar-refractivity contribution >= 4 is 0 Å². The molecule has 0 fully saturated rings. The third kappa shape index (κ3) is 5.90. The molecule has 24 heavy (non-hydrogen) atoms. The molecule has 1 atom stereocenters. The maximum atomic E-state index is 5.04. The van der Waals surface area contributed by atoms with Crippen molar-refractivity contribution in [3.63, 3.8) is 0 Å². The average molecular weight is 332 g/mol. The summed E-state index contributed by atoms with van der Waals surface area (Å²) >= 11 is 0. The summed E-state index contributed by atoms with van der Waals surface area (Å²) in [5.41, 5.74) is 4.58. The first-order valence-corrected chi connectivity index (χ1v) is 9.44. The van der Waals surface area contributed by atoms with Crippen molar-refractivity contribution in [1.29, 1.82) is 0 Å². The fraction of sp³-hybridized carbons (Fsp3) is 0.783. The molecule has 0 saturated carbocycles. The minimum absolute atomic E-state index is 0.0696. The predicted molar refractivity (Wildman–Crippen MR) is 108 cm³/mol. The van der Waals surface area contributed by atoms with Crippen molar-refractivity contribution < 1.29 is 0 Å². The van der Waals surface area contributed by atoms with Gasteiger partial charge in [-0.15, -0.1) is 0 Å². The van der Waals surface area contributed by atoms with Crippen LogP contribution in [0, 0.1) is 10.8 Å². The number of nitrogens with zero attached hydrogens (tertiary/aromatic N) is 1. The second-order valence-corrected chi connectivity index (χ2v) is 11.9. The number of hydrogen-bond donors (Lipinski definition) is 0. The van der Waals surface area contributed by atoms with E-state index in [2.05, 4.69) is 95.2 Å². The lowest BCUT2D eigenvalue weighted by Gasteiger charge is -2.37. The molecule has 0 radical (unpaired) electrons. The first kappa shape index (κ1) is 21.2. The van der Waals surface area contributed by atoms with Crippen LogP contribution in [0.1, 0.15) is 112 Å². The highest BCUT2D eigenvalue weighted by atomic mass is 14.8. The van der Waals surface area contributed by atoms with E-state index in [4.69, 9.17) is 4.98 Å². The number of pyridine rings is 1. The third-order valence-corrected chi connectivity index (χ3v) is 4.65. The molecule has 0 bridgehead atoms. The zero-order valence-electron chi connectivity index (χ0n) is 18.4. The van der Waals surface area contributed by atoms with Crippen LogP contribution < -0.4 is 0 Å². The van der Waals surface area contributed by atoms with E-state index in [1.807, 2.05) is 0 Å². The Kier molecular flexibility index (Phi) is 5.71. The van der Waals surface area contributed by atoms with Crippen molar-refractivity contribution in [3.05, 3.63) is 29.1 Å². The van der Waals surface area contributed by atoms with Gasteiger partial charge in [0.25, 0.3) is 0 Å². The topological polar surface area (TPSA) is 12.9 Å². The number of rotatable bonds is 2. The van der Waals surface area contributed by atoms with E-state index >= 15 is 0 Å². The molecule has 1 aromatic rings. The Morgan fingerprint density at radius 3 is 1.33 bits per heavy atom. The van der Waals surface area contributed by atoms with Gasteiger partial charge in [-0.1, -0.05) is 83.1 Å². The van der Waals surface area contributed by atoms with Crippen molar-refractivity contribution in [2.24, 2.45) is 10.8 Å². The molecule has 0 aliphatic carbocycles. The fourth-order valence-electron chi connectivity index (χ4n) is 3.06. The first-order valence-electron chi connectivity index (χ1n) is 9.44. The molecule has 0 aliphatic rings. The molecule has 0 saturated heterocycles. The molecule has 138 valence electrons. The van der Waals surface area contributed by atoms with Crippen molar-refractivity contribution in [2.45, 2.75) is 106 Å². The minimum Gasteiger partial charge on any atom is -0.257 e. The Labute approximate surface area is 151 Å². The summed E-state index contributed by atoms with van der Waals surface area (Å²) < 4.78 is 0. The normalized spacial score (nSPS) is 15.5. The van der Waals surface area contributed by atoms with Crippen LogP contribution in [0.25, 0.3) is 0 Å². The summed E-state index contributed by atoms with van der Waals surface area (Å²) in [5, 5.41) is 0. The molecule has 0 aliphatic heterocycles. The van der Waals surface area contributed by atoms with Gasteiger partial charge in [-0.05, 0) is 40.9 Å². The summed E-state index contributed by atoms with van der Waals surface area (Å²) in [4.78, 5) is 5.04. The molecular weight excluding hydrogens is 290 g/mol. The van der Waals surface area contributed by atoms with Gasteiger partial charge in [-0.25, -0.2) is 0 Å². The summed E-state index contributed by atoms with van der Waals surface area (Å²) in [6, 6.07) is 4.74. The van der Waals surface area contributed by atoms with E-state index in [1.165, 1.54) is 23.4 Å². The molecule has 1 aromatic heterocycles. The summed E-state index contributed by atoms with van der Waals surface area (Å²) in [7, 11) is 0. The molecule has 0 N–H and O–H groups in total. The van der Waals surface area contributed by atoms with Crippen LogP contribution >= 0.6 is 0 Å². The van der Waals surface area contributed by atoms with Gasteiger partial charge in [0, 0.05) is 22.2 Å². The fourth-order valence-corrected chi connectivity index (χ4v) is 3.06. The predicted octanol–water partition coefficient (Wildman–Crippen LogP) is 7.24. The van der Waals surface area contributed by atoms with Crippen LogP contribution in [-0.2, 0) is 10.8 Å². The van der Waals surface area contributed by atoms with Gasteiger partial charge in [0.15, 0.2) is 0 Å². The quantitative estimate of drug-likeness (QED) is 0.556. The third-order valence-electron chi connectivity index (χ3n) is 4.65. The van der Waals surface area contributed by atoms with E-state index in [0.717, 1.165) is 0 Å². The molecule has 1 heterocycles. The Bertz CT molecular complexity index is 521. The standard InChI is InChI=1S/C23H41N/c1-20(2,3)15-17(21(4,5)6)16-13-18(22(7,8)9)24-19(14-16)23(10,11)12/h13-14,17H,15H2,1-12H3. The summed E-state index contributed by atoms with van der Waals surface area (Å²) in [6.07, 6.45) is 1.19. The zero-order chi connectivity index (χ0) is 19.1. The smallest absolute Gasteiger partial charge is 0.0463 e. The van der Waals surface area contributed by atoms with Crippen LogP contribution in [0.4, 0.5) is 0 Å². The van der Waals surface area contributed by atoms with Gasteiger partial charge in [-0.3, -0.25) is 4.98 Å². The second kappa shape index (κ2) is 6.46. The highest BCUT2D eigenvalue weighted by molar-refractivity contribution is 5.32. The van der Waals surface area contributed by atoms with Gasteiger partial charge < -0.3 is 0 Å². The Morgan fingerprint density at radius 2 is 1.08 bits per heavy atom. The molecule has 0 amide bonds. The van der Waals surface area contributed by atoms with Crippen LogP contribution in [0.3, 0.4) is 0 Å². The SMILES string of the molecule is CC(C)(C)CC(c1cc(C(C)(C)C)nc(C(C)(C)C)c1)C(C)(C)C. The van der Waals surface area contributed by atoms with Gasteiger partial charge in [0.2, 0.25) is 0 Å². The minimum atomic E-state index is 0.0696. The summed E-state index contributed by atoms with van der Waals surface area (Å²) in [6.45, 7) is 27.8. The molecule has 1 nitrogen and oxygen atoms in total. The van der Waals surface area contributed by atoms with Crippen LogP contribution in [0.5, 0.6) is 0 Å². The van der Waals surface area contributed by atoms with E-state index in [9.17, 15) is 0 Å². The van der Waals surface area contributed by atoms with Crippen LogP contribution in [0.2, 0.25) is 0 Å². The largest absolute Gasteiger partial charge is 0.257 e. The number of aromatic nitrogens is 1. The summed E-state index contributed by atoms with van der Waals surface area (Å²) in [5.74, 6) is 0.530. The van der Waals surface area contributed by atoms with E-state index in [1.54, 1.807) is 0 Å². The zero-order valence-corrected chi connectivity index (χ0v) is 18.4. The van der Waals surface area contributed by atoms with Crippen molar-refractivity contribution in [1.82, 2.24) is 4.98 Å². The highest BCUT2D eigenvalue weighted by Crippen LogP contribution is 2.44. The van der Waals surface area contributed by atoms with E-state index in [0.29, 0.717) is 11.3 Å². The lowest BCUT2D eigenvalue weighted by atomic mass is 9.68. The van der Waals surface area contributed by atoms with Crippen molar-refractivity contribution in [3.8, 4) is 0 Å². The van der Waals surface area contributed by atoms with Gasteiger partial charge in [0.05, 0.1) is 0 Å². The molecular formula is C23H41N. The molecule has 0 spiro atoms. The van der Waals surface area contributed by atoms with E-state index in [-0.39, 0.29) is 16.2 Å². The Balaban J connectivity index is 3.58. The van der Waals surface area contributed by atoms with Crippen molar-refractivity contribution in [2.75, 3.05) is 0 Å². The lowest BCUT2D eigenvalue weighted by Crippen LogP contribution is -2.26. The van der Waals surface area contributed by atoms with Crippen LogP contribution in [-0.4, -0.2) is 4.98 Å². The number of hydrogen-bond acceptors (Lipinski definition) is 1. The maximum Gasteiger partial charge on any atom is 0.0463 e. The second-order valence-electron chi connectivity index (χ2n) is 11.9. The maximum absolute atomic E-state index is 5.04. The Hall–Kier alpha value is -0.850. The lowest BCUT2D eigenvalue weighted by molar-refractivity contribution is 0.228. The molecule has 1 unspecified atom stereocenters.